The highest BCUT2D eigenvalue weighted by Gasteiger charge is 2.37. The van der Waals surface area contributed by atoms with Gasteiger partial charge in [0, 0.05) is 17.6 Å². The van der Waals surface area contributed by atoms with Gasteiger partial charge in [-0.2, -0.15) is 13.2 Å². The van der Waals surface area contributed by atoms with Gasteiger partial charge in [-0.3, -0.25) is 0 Å². The Morgan fingerprint density at radius 2 is 1.81 bits per heavy atom. The zero-order valence-electron chi connectivity index (χ0n) is 13.3. The number of nitrogens with zero attached hydrogens (tertiary/aromatic N) is 2. The lowest BCUT2D eigenvalue weighted by atomic mass is 10.3. The van der Waals surface area contributed by atoms with Crippen LogP contribution < -0.4 is 10.6 Å². The van der Waals surface area contributed by atoms with Gasteiger partial charge in [0.05, 0.1) is 16.7 Å². The summed E-state index contributed by atoms with van der Waals surface area (Å²) < 4.78 is 41.4. The number of aromatic nitrogens is 2. The van der Waals surface area contributed by atoms with E-state index in [4.69, 9.17) is 0 Å². The van der Waals surface area contributed by atoms with Crippen molar-refractivity contribution in [2.75, 3.05) is 11.9 Å². The Kier molecular flexibility index (Phi) is 5.17. The van der Waals surface area contributed by atoms with Crippen LogP contribution in [0.4, 0.5) is 23.7 Å². The summed E-state index contributed by atoms with van der Waals surface area (Å²) >= 11 is 3.30. The molecule has 1 heterocycles. The quantitative estimate of drug-likeness (QED) is 0.638. The van der Waals surface area contributed by atoms with Gasteiger partial charge in [-0.25, -0.2) is 9.78 Å². The van der Waals surface area contributed by atoms with Crippen LogP contribution in [0.2, 0.25) is 0 Å². The number of alkyl halides is 3. The first-order valence-electron chi connectivity index (χ1n) is 7.68. The van der Waals surface area contributed by atoms with E-state index in [0.29, 0.717) is 15.7 Å². The molecule has 136 valence electrons. The number of nitrogens with one attached hydrogen (secondary N) is 2. The third-order valence-corrected chi connectivity index (χ3v) is 4.34. The molecule has 26 heavy (non-hydrogen) atoms. The Hall–Kier alpha value is -2.55. The monoisotopic (exact) mass is 426 g/mol. The van der Waals surface area contributed by atoms with Crippen molar-refractivity contribution >= 4 is 38.7 Å². The van der Waals surface area contributed by atoms with Gasteiger partial charge in [0.2, 0.25) is 5.82 Å². The maximum absolute atomic E-state index is 13.2. The minimum absolute atomic E-state index is 0.0136. The van der Waals surface area contributed by atoms with Gasteiger partial charge in [0.15, 0.2) is 0 Å². The fourth-order valence-corrected chi connectivity index (χ4v) is 2.91. The highest BCUT2D eigenvalue weighted by molar-refractivity contribution is 9.10. The molecule has 0 aliphatic carbocycles. The lowest BCUT2D eigenvalue weighted by molar-refractivity contribution is -0.146. The van der Waals surface area contributed by atoms with E-state index >= 15 is 0 Å². The molecule has 1 aromatic heterocycles. The van der Waals surface area contributed by atoms with E-state index in [0.717, 1.165) is 4.57 Å². The zero-order valence-corrected chi connectivity index (χ0v) is 14.9. The number of urea groups is 1. The van der Waals surface area contributed by atoms with Crippen molar-refractivity contribution in [2.24, 2.45) is 0 Å². The number of amides is 2. The van der Waals surface area contributed by atoms with Crippen LogP contribution in [0.1, 0.15) is 5.82 Å². The molecule has 0 spiro atoms. The maximum Gasteiger partial charge on any atom is 0.449 e. The van der Waals surface area contributed by atoms with Crippen molar-refractivity contribution in [2.45, 2.75) is 12.7 Å². The maximum atomic E-state index is 13.2. The van der Waals surface area contributed by atoms with Crippen molar-refractivity contribution in [3.8, 4) is 0 Å². The van der Waals surface area contributed by atoms with Gasteiger partial charge in [-0.05, 0) is 40.2 Å². The Morgan fingerprint density at radius 3 is 2.54 bits per heavy atom. The molecule has 0 saturated heterocycles. The predicted molar refractivity (Wildman–Crippen MR) is 95.9 cm³/mol. The van der Waals surface area contributed by atoms with Gasteiger partial charge in [0.1, 0.15) is 0 Å². The molecular formula is C17H14BrF3N4O. The second kappa shape index (κ2) is 7.36. The van der Waals surface area contributed by atoms with E-state index in [1.165, 1.54) is 6.07 Å². The lowest BCUT2D eigenvalue weighted by Gasteiger charge is -2.13. The molecule has 0 bridgehead atoms. The normalized spacial score (nSPS) is 11.5. The van der Waals surface area contributed by atoms with E-state index in [1.807, 2.05) is 0 Å². The summed E-state index contributed by atoms with van der Waals surface area (Å²) in [4.78, 5) is 15.6. The van der Waals surface area contributed by atoms with Gasteiger partial charge in [-0.15, -0.1) is 0 Å². The van der Waals surface area contributed by atoms with Crippen molar-refractivity contribution in [3.63, 3.8) is 0 Å². The molecule has 0 unspecified atom stereocenters. The number of fused-ring (bicyclic) bond motifs is 1. The largest absolute Gasteiger partial charge is 0.449 e. The molecule has 0 atom stereocenters. The Labute approximate surface area is 155 Å². The van der Waals surface area contributed by atoms with Crippen molar-refractivity contribution in [1.82, 2.24) is 14.9 Å². The standard InChI is InChI=1S/C17H14BrF3N4O/c18-11-5-1-2-6-12(11)24-16(26)22-9-10-25-14-8-4-3-7-13(14)23-15(25)17(19,20)21/h1-8H,9-10H2,(H2,22,24,26). The topological polar surface area (TPSA) is 59.0 Å². The molecule has 2 amide bonds. The molecule has 0 saturated carbocycles. The zero-order chi connectivity index (χ0) is 18.7. The van der Waals surface area contributed by atoms with Crippen LogP contribution in [0.25, 0.3) is 11.0 Å². The van der Waals surface area contributed by atoms with Gasteiger partial charge < -0.3 is 15.2 Å². The molecule has 0 radical (unpaired) electrons. The van der Waals surface area contributed by atoms with E-state index in [9.17, 15) is 18.0 Å². The minimum Gasteiger partial charge on any atom is -0.336 e. The molecule has 0 aliphatic heterocycles. The summed E-state index contributed by atoms with van der Waals surface area (Å²) in [6.07, 6.45) is -4.57. The van der Waals surface area contributed by atoms with Crippen LogP contribution in [0.15, 0.2) is 53.0 Å². The smallest absolute Gasteiger partial charge is 0.336 e. The first kappa shape index (κ1) is 18.2. The van der Waals surface area contributed by atoms with E-state index in [-0.39, 0.29) is 18.6 Å². The van der Waals surface area contributed by atoms with Crippen LogP contribution in [-0.2, 0) is 12.7 Å². The van der Waals surface area contributed by atoms with E-state index in [1.54, 1.807) is 42.5 Å². The molecule has 9 heteroatoms. The summed E-state index contributed by atoms with van der Waals surface area (Å²) in [5.41, 5.74) is 1.19. The average molecular weight is 427 g/mol. The first-order chi connectivity index (χ1) is 12.4. The highest BCUT2D eigenvalue weighted by atomic mass is 79.9. The number of hydrogen-bond acceptors (Lipinski definition) is 2. The number of benzene rings is 2. The predicted octanol–water partition coefficient (Wildman–Crippen LogP) is 4.64. The first-order valence-corrected chi connectivity index (χ1v) is 8.47. The van der Waals surface area contributed by atoms with Crippen molar-refractivity contribution < 1.29 is 18.0 Å². The number of hydrogen-bond donors (Lipinski definition) is 2. The van der Waals surface area contributed by atoms with Crippen molar-refractivity contribution in [1.29, 1.82) is 0 Å². The molecule has 2 aromatic carbocycles. The molecular weight excluding hydrogens is 413 g/mol. The molecule has 0 fully saturated rings. The fourth-order valence-electron chi connectivity index (χ4n) is 2.53. The third-order valence-electron chi connectivity index (χ3n) is 3.65. The Morgan fingerprint density at radius 1 is 1.12 bits per heavy atom. The molecule has 5 nitrogen and oxygen atoms in total. The summed E-state index contributed by atoms with van der Waals surface area (Å²) in [7, 11) is 0. The minimum atomic E-state index is -4.57. The lowest BCUT2D eigenvalue weighted by Crippen LogP contribution is -2.32. The van der Waals surface area contributed by atoms with Crippen LogP contribution >= 0.6 is 15.9 Å². The van der Waals surface area contributed by atoms with Crippen molar-refractivity contribution in [3.05, 3.63) is 58.8 Å². The van der Waals surface area contributed by atoms with Gasteiger partial charge in [-0.1, -0.05) is 24.3 Å². The third kappa shape index (κ3) is 3.98. The molecule has 3 aromatic rings. The average Bonchev–Trinajstić information content (AvgIpc) is 2.96. The second-order valence-corrected chi connectivity index (χ2v) is 6.29. The van der Waals surface area contributed by atoms with Crippen LogP contribution in [0.5, 0.6) is 0 Å². The highest BCUT2D eigenvalue weighted by Crippen LogP contribution is 2.31. The van der Waals surface area contributed by atoms with E-state index < -0.39 is 18.0 Å². The Balaban J connectivity index is 1.70. The Bertz CT molecular complexity index is 939. The summed E-state index contributed by atoms with van der Waals surface area (Å²) in [6.45, 7) is -0.0432. The van der Waals surface area contributed by atoms with Gasteiger partial charge in [0.25, 0.3) is 0 Å². The summed E-state index contributed by atoms with van der Waals surface area (Å²) in [5.74, 6) is -0.980. The SMILES string of the molecule is O=C(NCCn1c(C(F)(F)F)nc2ccccc21)Nc1ccccc1Br. The van der Waals surface area contributed by atoms with Crippen LogP contribution in [-0.4, -0.2) is 22.1 Å². The summed E-state index contributed by atoms with van der Waals surface area (Å²) in [5, 5.41) is 5.18. The number of imidazole rings is 1. The van der Waals surface area contributed by atoms with Crippen LogP contribution in [0, 0.1) is 0 Å². The molecule has 3 rings (SSSR count). The second-order valence-electron chi connectivity index (χ2n) is 5.43. The summed E-state index contributed by atoms with van der Waals surface area (Å²) in [6, 6.07) is 12.9. The van der Waals surface area contributed by atoms with Gasteiger partial charge >= 0.3 is 12.2 Å². The number of anilines is 1. The van der Waals surface area contributed by atoms with E-state index in [2.05, 4.69) is 31.5 Å². The van der Waals surface area contributed by atoms with Crippen LogP contribution in [0.3, 0.4) is 0 Å². The number of carbonyl (C=O) groups is 1. The molecule has 2 N–H and O–H groups in total. The fraction of sp³-hybridized carbons (Fsp3) is 0.176. The number of halogens is 4. The number of rotatable bonds is 4. The molecule has 0 aliphatic rings. The number of para-hydroxylation sites is 3. The number of carbonyl (C=O) groups excluding carboxylic acids is 1.